The lowest BCUT2D eigenvalue weighted by Gasteiger charge is -2.17. The van der Waals surface area contributed by atoms with Gasteiger partial charge in [-0.2, -0.15) is 0 Å². The van der Waals surface area contributed by atoms with Crippen LogP contribution in [0, 0.1) is 0 Å². The van der Waals surface area contributed by atoms with Gasteiger partial charge < -0.3 is 0 Å². The molecular weight excluding hydrogens is 200 g/mol. The van der Waals surface area contributed by atoms with Crippen LogP contribution in [0.25, 0.3) is 0 Å². The maximum atomic E-state index is 2.48. The standard InChI is InChI=1S/C12H22Si2/c1-5-13(3)11-9-7-8-10-12(11)14(4)6-2/h7-10,13-14H,5-6H2,1-4H3. The molecule has 2 unspecified atom stereocenters. The normalized spacial score (nSPS) is 15.1. The molecule has 0 aliphatic rings. The van der Waals surface area contributed by atoms with Gasteiger partial charge in [0.2, 0.25) is 0 Å². The Morgan fingerprint density at radius 2 is 1.21 bits per heavy atom. The fourth-order valence-corrected chi connectivity index (χ4v) is 6.64. The van der Waals surface area contributed by atoms with Crippen molar-refractivity contribution in [2.75, 3.05) is 0 Å². The predicted octanol–water partition coefficient (Wildman–Crippen LogP) is 1.85. The van der Waals surface area contributed by atoms with Gasteiger partial charge in [-0.1, -0.05) is 73.7 Å². The molecule has 0 saturated carbocycles. The van der Waals surface area contributed by atoms with Crippen molar-refractivity contribution >= 4 is 28.0 Å². The van der Waals surface area contributed by atoms with E-state index in [0.29, 0.717) is 0 Å². The van der Waals surface area contributed by atoms with Gasteiger partial charge in [0.15, 0.2) is 0 Å². The van der Waals surface area contributed by atoms with Crippen LogP contribution in [0.15, 0.2) is 24.3 Å². The number of rotatable bonds is 4. The van der Waals surface area contributed by atoms with E-state index in [1.54, 1.807) is 10.4 Å². The van der Waals surface area contributed by atoms with Crippen molar-refractivity contribution in [1.29, 1.82) is 0 Å². The summed E-state index contributed by atoms with van der Waals surface area (Å²) in [4.78, 5) is 0. The first-order chi connectivity index (χ1) is 6.70. The molecule has 0 aliphatic carbocycles. The second-order valence-electron chi connectivity index (χ2n) is 4.25. The zero-order chi connectivity index (χ0) is 10.6. The molecule has 0 amide bonds. The molecule has 0 spiro atoms. The number of hydrogen-bond donors (Lipinski definition) is 0. The van der Waals surface area contributed by atoms with Crippen LogP contribution in [0.5, 0.6) is 0 Å². The first-order valence-corrected chi connectivity index (χ1v) is 10.9. The monoisotopic (exact) mass is 222 g/mol. The molecule has 0 heterocycles. The zero-order valence-corrected chi connectivity index (χ0v) is 12.2. The molecular formula is C12H22Si2. The molecule has 0 radical (unpaired) electrons. The minimum absolute atomic E-state index is 0.614. The molecule has 2 atom stereocenters. The van der Waals surface area contributed by atoms with Crippen molar-refractivity contribution in [2.45, 2.75) is 39.0 Å². The van der Waals surface area contributed by atoms with E-state index in [9.17, 15) is 0 Å². The van der Waals surface area contributed by atoms with Crippen LogP contribution in [-0.2, 0) is 0 Å². The summed E-state index contributed by atoms with van der Waals surface area (Å²) in [6, 6.07) is 12.0. The van der Waals surface area contributed by atoms with Gasteiger partial charge in [-0.15, -0.1) is 0 Å². The molecule has 1 rings (SSSR count). The third-order valence-corrected chi connectivity index (χ3v) is 9.24. The minimum Gasteiger partial charge on any atom is -0.0680 e. The Morgan fingerprint density at radius 3 is 1.50 bits per heavy atom. The Morgan fingerprint density at radius 1 is 0.857 bits per heavy atom. The number of benzene rings is 1. The zero-order valence-electron chi connectivity index (χ0n) is 9.88. The molecule has 1 aromatic rings. The summed E-state index contributed by atoms with van der Waals surface area (Å²) < 4.78 is 0. The Hall–Kier alpha value is -0.346. The van der Waals surface area contributed by atoms with Gasteiger partial charge in [-0.3, -0.25) is 0 Å². The average Bonchev–Trinajstić information content (AvgIpc) is 2.27. The van der Waals surface area contributed by atoms with Gasteiger partial charge in [0.25, 0.3) is 0 Å². The van der Waals surface area contributed by atoms with E-state index in [0.717, 1.165) is 0 Å². The molecule has 0 aromatic heterocycles. The molecule has 0 bridgehead atoms. The first-order valence-electron chi connectivity index (χ1n) is 5.79. The molecule has 0 N–H and O–H groups in total. The SMILES string of the molecule is CC[SiH](C)c1ccccc1[SiH](C)CC. The Kier molecular flexibility index (Phi) is 4.62. The van der Waals surface area contributed by atoms with Crippen molar-refractivity contribution in [3.63, 3.8) is 0 Å². The van der Waals surface area contributed by atoms with Crippen LogP contribution < -0.4 is 10.4 Å². The van der Waals surface area contributed by atoms with Crippen LogP contribution in [0.2, 0.25) is 25.2 Å². The van der Waals surface area contributed by atoms with E-state index in [1.165, 1.54) is 12.1 Å². The van der Waals surface area contributed by atoms with E-state index in [4.69, 9.17) is 0 Å². The molecule has 78 valence electrons. The Bertz CT molecular complexity index is 254. The van der Waals surface area contributed by atoms with E-state index in [-0.39, 0.29) is 0 Å². The third-order valence-electron chi connectivity index (χ3n) is 3.28. The lowest BCUT2D eigenvalue weighted by atomic mass is 10.4. The van der Waals surface area contributed by atoms with Gasteiger partial charge in [0.1, 0.15) is 0 Å². The van der Waals surface area contributed by atoms with Crippen molar-refractivity contribution in [3.05, 3.63) is 24.3 Å². The van der Waals surface area contributed by atoms with Crippen molar-refractivity contribution in [2.24, 2.45) is 0 Å². The van der Waals surface area contributed by atoms with E-state index < -0.39 is 17.6 Å². The lowest BCUT2D eigenvalue weighted by Crippen LogP contribution is -2.45. The Balaban J connectivity index is 3.02. The van der Waals surface area contributed by atoms with E-state index in [2.05, 4.69) is 51.2 Å². The van der Waals surface area contributed by atoms with Crippen LogP contribution in [0.1, 0.15) is 13.8 Å². The second-order valence-corrected chi connectivity index (χ2v) is 10.7. The molecule has 14 heavy (non-hydrogen) atoms. The molecule has 0 saturated heterocycles. The topological polar surface area (TPSA) is 0 Å². The van der Waals surface area contributed by atoms with Gasteiger partial charge in [0.05, 0.1) is 17.6 Å². The maximum absolute atomic E-state index is 2.48. The van der Waals surface area contributed by atoms with E-state index >= 15 is 0 Å². The Labute approximate surface area is 91.6 Å². The van der Waals surface area contributed by atoms with Crippen LogP contribution in [0.4, 0.5) is 0 Å². The summed E-state index contributed by atoms with van der Waals surface area (Å²) in [5, 5.41) is 3.49. The first kappa shape index (κ1) is 11.7. The van der Waals surface area contributed by atoms with Crippen LogP contribution in [0.3, 0.4) is 0 Å². The van der Waals surface area contributed by atoms with Gasteiger partial charge in [-0.25, -0.2) is 0 Å². The van der Waals surface area contributed by atoms with Gasteiger partial charge in [0, 0.05) is 0 Å². The highest BCUT2D eigenvalue weighted by Gasteiger charge is 2.13. The molecule has 0 fully saturated rings. The minimum atomic E-state index is -0.614. The smallest absolute Gasteiger partial charge is 0.0673 e. The highest BCUT2D eigenvalue weighted by molar-refractivity contribution is 6.83. The highest BCUT2D eigenvalue weighted by Crippen LogP contribution is 1.97. The summed E-state index contributed by atoms with van der Waals surface area (Å²) in [6.45, 7) is 9.64. The molecule has 0 aliphatic heterocycles. The molecule has 2 heteroatoms. The van der Waals surface area contributed by atoms with Gasteiger partial charge >= 0.3 is 0 Å². The largest absolute Gasteiger partial charge is 0.0680 e. The summed E-state index contributed by atoms with van der Waals surface area (Å²) >= 11 is 0. The third kappa shape index (κ3) is 2.58. The maximum Gasteiger partial charge on any atom is 0.0673 e. The summed E-state index contributed by atoms with van der Waals surface area (Å²) in [7, 11) is -1.23. The molecule has 1 aromatic carbocycles. The molecule has 0 nitrogen and oxygen atoms in total. The van der Waals surface area contributed by atoms with Gasteiger partial charge in [-0.05, 0) is 0 Å². The highest BCUT2D eigenvalue weighted by atomic mass is 28.3. The summed E-state index contributed by atoms with van der Waals surface area (Å²) in [5.41, 5.74) is 0. The number of hydrogen-bond acceptors (Lipinski definition) is 0. The fraction of sp³-hybridized carbons (Fsp3) is 0.500. The summed E-state index contributed by atoms with van der Waals surface area (Å²) in [6.07, 6.45) is 0. The van der Waals surface area contributed by atoms with Crippen LogP contribution >= 0.6 is 0 Å². The summed E-state index contributed by atoms with van der Waals surface area (Å²) in [5.74, 6) is 0. The van der Waals surface area contributed by atoms with Crippen molar-refractivity contribution in [3.8, 4) is 0 Å². The lowest BCUT2D eigenvalue weighted by molar-refractivity contribution is 1.42. The predicted molar refractivity (Wildman–Crippen MR) is 72.7 cm³/mol. The van der Waals surface area contributed by atoms with E-state index in [1.807, 2.05) is 0 Å². The van der Waals surface area contributed by atoms with Crippen molar-refractivity contribution < 1.29 is 0 Å². The fourth-order valence-electron chi connectivity index (χ4n) is 1.85. The quantitative estimate of drug-likeness (QED) is 0.682. The van der Waals surface area contributed by atoms with Crippen molar-refractivity contribution in [1.82, 2.24) is 0 Å². The average molecular weight is 222 g/mol. The second kappa shape index (κ2) is 5.51. The van der Waals surface area contributed by atoms with Crippen LogP contribution in [-0.4, -0.2) is 17.6 Å².